The molecular weight excluding hydrogens is 268 g/mol. The highest BCUT2D eigenvalue weighted by atomic mass is 16.5. The highest BCUT2D eigenvalue weighted by molar-refractivity contribution is 4.83. The van der Waals surface area contributed by atoms with Crippen molar-refractivity contribution in [2.24, 2.45) is 23.7 Å². The summed E-state index contributed by atoms with van der Waals surface area (Å²) in [7, 11) is 0. The standard InChI is InChI=1S/C21H36O/c1-3-5-7-18-8-12-20(13-9-18)21-14-10-19(11-15-21)17-22-16-6-4-2/h3,6,16,18-21H,1,4-5,7-15,17H2,2H3. The van der Waals surface area contributed by atoms with E-state index in [2.05, 4.69) is 25.7 Å². The van der Waals surface area contributed by atoms with E-state index in [1.165, 1.54) is 64.2 Å². The molecule has 0 radical (unpaired) electrons. The molecule has 2 saturated carbocycles. The van der Waals surface area contributed by atoms with Crippen molar-refractivity contribution in [3.05, 3.63) is 25.0 Å². The van der Waals surface area contributed by atoms with Gasteiger partial charge in [-0.15, -0.1) is 6.58 Å². The lowest BCUT2D eigenvalue weighted by Gasteiger charge is -2.37. The van der Waals surface area contributed by atoms with Crippen LogP contribution >= 0.6 is 0 Å². The van der Waals surface area contributed by atoms with Gasteiger partial charge in [0.1, 0.15) is 0 Å². The average molecular weight is 305 g/mol. The molecule has 0 aromatic carbocycles. The fourth-order valence-electron chi connectivity index (χ4n) is 4.48. The SMILES string of the molecule is C=CCCC1CCC(C2CCC(COC=CCC)CC2)CC1. The first-order chi connectivity index (χ1) is 10.8. The van der Waals surface area contributed by atoms with Crippen molar-refractivity contribution in [1.82, 2.24) is 0 Å². The summed E-state index contributed by atoms with van der Waals surface area (Å²) < 4.78 is 5.66. The second-order valence-corrected chi connectivity index (χ2v) is 7.54. The van der Waals surface area contributed by atoms with Crippen LogP contribution in [-0.2, 0) is 4.74 Å². The molecule has 0 unspecified atom stereocenters. The van der Waals surface area contributed by atoms with Crippen molar-refractivity contribution in [3.8, 4) is 0 Å². The Bertz CT molecular complexity index is 317. The molecule has 2 fully saturated rings. The molecule has 0 heterocycles. The maximum absolute atomic E-state index is 5.66. The molecule has 22 heavy (non-hydrogen) atoms. The van der Waals surface area contributed by atoms with Gasteiger partial charge in [-0.2, -0.15) is 0 Å². The van der Waals surface area contributed by atoms with Crippen LogP contribution in [0.15, 0.2) is 25.0 Å². The van der Waals surface area contributed by atoms with E-state index in [1.807, 2.05) is 6.26 Å². The van der Waals surface area contributed by atoms with Gasteiger partial charge in [-0.1, -0.05) is 31.9 Å². The molecule has 0 spiro atoms. The maximum Gasteiger partial charge on any atom is 0.0901 e. The molecule has 0 aromatic rings. The minimum atomic E-state index is 0.807. The third-order valence-corrected chi connectivity index (χ3v) is 5.99. The minimum Gasteiger partial charge on any atom is -0.501 e. The van der Waals surface area contributed by atoms with Crippen molar-refractivity contribution >= 4 is 0 Å². The zero-order valence-corrected chi connectivity index (χ0v) is 14.6. The lowest BCUT2D eigenvalue weighted by molar-refractivity contribution is 0.108. The Morgan fingerprint density at radius 2 is 1.50 bits per heavy atom. The smallest absolute Gasteiger partial charge is 0.0901 e. The number of allylic oxidation sites excluding steroid dienone is 2. The van der Waals surface area contributed by atoms with Gasteiger partial charge < -0.3 is 4.74 Å². The molecule has 1 heteroatoms. The van der Waals surface area contributed by atoms with Gasteiger partial charge in [-0.25, -0.2) is 0 Å². The van der Waals surface area contributed by atoms with Gasteiger partial charge in [-0.3, -0.25) is 0 Å². The summed E-state index contributed by atoms with van der Waals surface area (Å²) in [6.45, 7) is 6.95. The summed E-state index contributed by atoms with van der Waals surface area (Å²) >= 11 is 0. The molecule has 0 aromatic heterocycles. The Morgan fingerprint density at radius 1 is 0.909 bits per heavy atom. The maximum atomic E-state index is 5.66. The van der Waals surface area contributed by atoms with E-state index in [-0.39, 0.29) is 0 Å². The molecule has 0 aliphatic heterocycles. The Morgan fingerprint density at radius 3 is 2.05 bits per heavy atom. The molecule has 2 aliphatic rings. The molecule has 126 valence electrons. The fourth-order valence-corrected chi connectivity index (χ4v) is 4.48. The molecule has 0 N–H and O–H groups in total. The van der Waals surface area contributed by atoms with Crippen LogP contribution in [0.2, 0.25) is 0 Å². The normalized spacial score (nSPS) is 33.0. The first kappa shape index (κ1) is 17.6. The number of ether oxygens (including phenoxy) is 1. The van der Waals surface area contributed by atoms with Gasteiger partial charge >= 0.3 is 0 Å². The number of hydrogen-bond donors (Lipinski definition) is 0. The summed E-state index contributed by atoms with van der Waals surface area (Å²) in [5.41, 5.74) is 0. The molecule has 0 atom stereocenters. The van der Waals surface area contributed by atoms with Crippen molar-refractivity contribution in [1.29, 1.82) is 0 Å². The van der Waals surface area contributed by atoms with Crippen molar-refractivity contribution in [3.63, 3.8) is 0 Å². The average Bonchev–Trinajstić information content (AvgIpc) is 2.58. The van der Waals surface area contributed by atoms with Crippen molar-refractivity contribution < 1.29 is 4.74 Å². The molecule has 0 amide bonds. The summed E-state index contributed by atoms with van der Waals surface area (Å²) in [4.78, 5) is 0. The Kier molecular flexibility index (Phi) is 8.12. The lowest BCUT2D eigenvalue weighted by Crippen LogP contribution is -2.26. The topological polar surface area (TPSA) is 9.23 Å². The zero-order chi connectivity index (χ0) is 15.6. The van der Waals surface area contributed by atoms with Crippen LogP contribution in [0.3, 0.4) is 0 Å². The zero-order valence-electron chi connectivity index (χ0n) is 14.6. The quantitative estimate of drug-likeness (QED) is 0.367. The second kappa shape index (κ2) is 10.1. The summed E-state index contributed by atoms with van der Waals surface area (Å²) in [5.74, 6) is 3.84. The predicted molar refractivity (Wildman–Crippen MR) is 95.7 cm³/mol. The summed E-state index contributed by atoms with van der Waals surface area (Å²) in [6.07, 6.45) is 21.4. The number of hydrogen-bond acceptors (Lipinski definition) is 1. The van der Waals surface area contributed by atoms with E-state index >= 15 is 0 Å². The molecule has 0 bridgehead atoms. The lowest BCUT2D eigenvalue weighted by atomic mass is 9.69. The minimum absolute atomic E-state index is 0.807. The van der Waals surface area contributed by atoms with Crippen LogP contribution in [0.4, 0.5) is 0 Å². The first-order valence-electron chi connectivity index (χ1n) is 9.71. The van der Waals surface area contributed by atoms with Crippen molar-refractivity contribution in [2.75, 3.05) is 6.61 Å². The van der Waals surface area contributed by atoms with Gasteiger partial charge in [0.25, 0.3) is 0 Å². The van der Waals surface area contributed by atoms with E-state index in [1.54, 1.807) is 0 Å². The molecule has 2 rings (SSSR count). The molecule has 1 nitrogen and oxygen atoms in total. The van der Waals surface area contributed by atoms with Gasteiger partial charge in [-0.05, 0) is 81.5 Å². The number of rotatable bonds is 8. The third kappa shape index (κ3) is 5.82. The van der Waals surface area contributed by atoms with Gasteiger partial charge in [0.05, 0.1) is 12.9 Å². The van der Waals surface area contributed by atoms with Crippen LogP contribution in [-0.4, -0.2) is 6.61 Å². The Balaban J connectivity index is 1.61. The molecule has 2 aliphatic carbocycles. The van der Waals surface area contributed by atoms with Crippen LogP contribution in [0, 0.1) is 23.7 Å². The third-order valence-electron chi connectivity index (χ3n) is 5.99. The highest BCUT2D eigenvalue weighted by Crippen LogP contribution is 2.42. The molecular formula is C21H36O. The van der Waals surface area contributed by atoms with E-state index in [0.29, 0.717) is 0 Å². The van der Waals surface area contributed by atoms with E-state index in [0.717, 1.165) is 36.7 Å². The summed E-state index contributed by atoms with van der Waals surface area (Å²) in [6, 6.07) is 0. The fraction of sp³-hybridized carbons (Fsp3) is 0.810. The summed E-state index contributed by atoms with van der Waals surface area (Å²) in [5, 5.41) is 0. The van der Waals surface area contributed by atoms with Crippen LogP contribution in [0.5, 0.6) is 0 Å². The van der Waals surface area contributed by atoms with Crippen LogP contribution < -0.4 is 0 Å². The van der Waals surface area contributed by atoms with E-state index in [4.69, 9.17) is 4.74 Å². The Hall–Kier alpha value is -0.720. The molecule has 0 saturated heterocycles. The van der Waals surface area contributed by atoms with E-state index < -0.39 is 0 Å². The van der Waals surface area contributed by atoms with Gasteiger partial charge in [0, 0.05) is 0 Å². The van der Waals surface area contributed by atoms with E-state index in [9.17, 15) is 0 Å². The second-order valence-electron chi connectivity index (χ2n) is 7.54. The highest BCUT2D eigenvalue weighted by Gasteiger charge is 2.30. The van der Waals surface area contributed by atoms with Crippen LogP contribution in [0.1, 0.15) is 77.6 Å². The van der Waals surface area contributed by atoms with Gasteiger partial charge in [0.2, 0.25) is 0 Å². The first-order valence-corrected chi connectivity index (χ1v) is 9.71. The monoisotopic (exact) mass is 304 g/mol. The van der Waals surface area contributed by atoms with Crippen molar-refractivity contribution in [2.45, 2.75) is 77.6 Å². The Labute approximate surface area is 138 Å². The van der Waals surface area contributed by atoms with Crippen LogP contribution in [0.25, 0.3) is 0 Å². The predicted octanol–water partition coefficient (Wildman–Crippen LogP) is 6.51. The van der Waals surface area contributed by atoms with Gasteiger partial charge in [0.15, 0.2) is 0 Å². The largest absolute Gasteiger partial charge is 0.501 e.